The Morgan fingerprint density at radius 2 is 1.76 bits per heavy atom. The Balaban J connectivity index is 1.40. The quantitative estimate of drug-likeness (QED) is 0.698. The number of aromatic nitrogens is 4. The van der Waals surface area contributed by atoms with Crippen LogP contribution in [0.4, 0.5) is 5.69 Å². The van der Waals surface area contributed by atoms with Gasteiger partial charge in [-0.05, 0) is 54.0 Å². The molecule has 3 aromatic rings. The normalized spacial score (nSPS) is 13.5. The molecule has 8 nitrogen and oxygen atoms in total. The summed E-state index contributed by atoms with van der Waals surface area (Å²) in [5.74, 6) is -0.274. The fourth-order valence-corrected chi connectivity index (χ4v) is 3.37. The molecule has 0 atom stereocenters. The van der Waals surface area contributed by atoms with Crippen LogP contribution in [0.25, 0.3) is 5.69 Å². The number of tetrazole rings is 1. The van der Waals surface area contributed by atoms with Crippen LogP contribution in [0.2, 0.25) is 5.02 Å². The molecule has 4 rings (SSSR count). The van der Waals surface area contributed by atoms with Gasteiger partial charge in [0.05, 0.1) is 12.1 Å². The number of amides is 2. The lowest BCUT2D eigenvalue weighted by molar-refractivity contribution is -0.115. The largest absolute Gasteiger partial charge is 0.336 e. The zero-order valence-electron chi connectivity index (χ0n) is 15.6. The smallest absolute Gasteiger partial charge is 0.295 e. The van der Waals surface area contributed by atoms with Crippen LogP contribution in [0.3, 0.4) is 0 Å². The maximum atomic E-state index is 12.3. The van der Waals surface area contributed by atoms with E-state index in [2.05, 4.69) is 20.7 Å². The molecule has 2 amide bonds. The van der Waals surface area contributed by atoms with Crippen molar-refractivity contribution in [2.45, 2.75) is 19.3 Å². The van der Waals surface area contributed by atoms with Crippen LogP contribution in [-0.4, -0.2) is 50.0 Å². The summed E-state index contributed by atoms with van der Waals surface area (Å²) in [5, 5.41) is 15.4. The number of hydrogen-bond acceptors (Lipinski definition) is 5. The molecule has 0 saturated carbocycles. The van der Waals surface area contributed by atoms with E-state index in [1.165, 1.54) is 4.80 Å². The molecule has 1 aliphatic rings. The Morgan fingerprint density at radius 1 is 1.03 bits per heavy atom. The van der Waals surface area contributed by atoms with Crippen molar-refractivity contribution in [3.05, 3.63) is 64.9 Å². The van der Waals surface area contributed by atoms with E-state index in [0.29, 0.717) is 16.4 Å². The number of hydrogen-bond donors (Lipinski definition) is 1. The van der Waals surface area contributed by atoms with Gasteiger partial charge in [-0.1, -0.05) is 29.8 Å². The van der Waals surface area contributed by atoms with Crippen LogP contribution in [0.15, 0.2) is 48.5 Å². The number of likely N-dealkylation sites (tertiary alicyclic amines) is 1. The molecule has 0 radical (unpaired) electrons. The summed E-state index contributed by atoms with van der Waals surface area (Å²) in [7, 11) is 0. The summed E-state index contributed by atoms with van der Waals surface area (Å²) in [5.41, 5.74) is 2.05. The molecule has 1 aliphatic heterocycles. The predicted octanol–water partition coefficient (Wildman–Crippen LogP) is 2.73. The first-order valence-electron chi connectivity index (χ1n) is 9.33. The van der Waals surface area contributed by atoms with E-state index in [4.69, 9.17) is 11.6 Å². The highest BCUT2D eigenvalue weighted by molar-refractivity contribution is 6.31. The third-order valence-corrected chi connectivity index (χ3v) is 5.06. The summed E-state index contributed by atoms with van der Waals surface area (Å²) < 4.78 is 0. The van der Waals surface area contributed by atoms with Crippen molar-refractivity contribution in [1.82, 2.24) is 25.1 Å². The van der Waals surface area contributed by atoms with E-state index < -0.39 is 0 Å². The molecule has 29 heavy (non-hydrogen) atoms. The van der Waals surface area contributed by atoms with Crippen molar-refractivity contribution in [3.63, 3.8) is 0 Å². The topological polar surface area (TPSA) is 93.0 Å². The van der Waals surface area contributed by atoms with E-state index >= 15 is 0 Å². The van der Waals surface area contributed by atoms with Crippen LogP contribution in [0, 0.1) is 0 Å². The molecular formula is C20H19ClN6O2. The lowest BCUT2D eigenvalue weighted by atomic mass is 10.1. The molecule has 0 aliphatic carbocycles. The lowest BCUT2D eigenvalue weighted by Crippen LogP contribution is -2.28. The van der Waals surface area contributed by atoms with Gasteiger partial charge in [0.15, 0.2) is 0 Å². The Hall–Kier alpha value is -3.26. The van der Waals surface area contributed by atoms with Crippen LogP contribution in [-0.2, 0) is 11.2 Å². The van der Waals surface area contributed by atoms with Crippen LogP contribution >= 0.6 is 11.6 Å². The molecule has 1 aromatic heterocycles. The summed E-state index contributed by atoms with van der Waals surface area (Å²) in [6.45, 7) is 1.46. The Morgan fingerprint density at radius 3 is 2.48 bits per heavy atom. The molecule has 148 valence electrons. The van der Waals surface area contributed by atoms with Crippen LogP contribution < -0.4 is 5.32 Å². The van der Waals surface area contributed by atoms with Gasteiger partial charge in [0.2, 0.25) is 5.91 Å². The van der Waals surface area contributed by atoms with Gasteiger partial charge in [0.1, 0.15) is 0 Å². The third-order valence-electron chi connectivity index (χ3n) is 4.69. The SMILES string of the molecule is O=C(Cc1ccccc1Cl)Nc1ccc(-n2nnc(C(=O)N3CCCC3)n2)cc1. The van der Waals surface area contributed by atoms with Gasteiger partial charge in [-0.3, -0.25) is 9.59 Å². The molecule has 9 heteroatoms. The van der Waals surface area contributed by atoms with Gasteiger partial charge in [-0.25, -0.2) is 0 Å². The second-order valence-corrected chi connectivity index (χ2v) is 7.17. The Bertz CT molecular complexity index is 1030. The second-order valence-electron chi connectivity index (χ2n) is 6.77. The third kappa shape index (κ3) is 4.43. The van der Waals surface area contributed by atoms with Crippen LogP contribution in [0.5, 0.6) is 0 Å². The summed E-state index contributed by atoms with van der Waals surface area (Å²) >= 11 is 6.10. The maximum absolute atomic E-state index is 12.3. The van der Waals surface area contributed by atoms with Crippen molar-refractivity contribution in [2.24, 2.45) is 0 Å². The molecule has 0 unspecified atom stereocenters. The van der Waals surface area contributed by atoms with Gasteiger partial charge >= 0.3 is 0 Å². The number of nitrogens with zero attached hydrogens (tertiary/aromatic N) is 5. The highest BCUT2D eigenvalue weighted by Gasteiger charge is 2.23. The van der Waals surface area contributed by atoms with E-state index in [1.807, 2.05) is 18.2 Å². The minimum Gasteiger partial charge on any atom is -0.336 e. The first kappa shape index (κ1) is 19.1. The van der Waals surface area contributed by atoms with E-state index in [9.17, 15) is 9.59 Å². The summed E-state index contributed by atoms with van der Waals surface area (Å²) in [6.07, 6.45) is 2.20. The van der Waals surface area contributed by atoms with Crippen LogP contribution in [0.1, 0.15) is 29.0 Å². The molecule has 2 heterocycles. The number of benzene rings is 2. The molecule has 1 N–H and O–H groups in total. The number of anilines is 1. The summed E-state index contributed by atoms with van der Waals surface area (Å²) in [4.78, 5) is 27.6. The molecule has 0 spiro atoms. The van der Waals surface area contributed by atoms with Crippen molar-refractivity contribution in [3.8, 4) is 5.69 Å². The molecule has 0 bridgehead atoms. The van der Waals surface area contributed by atoms with Crippen molar-refractivity contribution in [2.75, 3.05) is 18.4 Å². The van der Waals surface area contributed by atoms with Gasteiger partial charge in [-0.2, -0.15) is 0 Å². The summed E-state index contributed by atoms with van der Waals surface area (Å²) in [6, 6.07) is 14.2. The molecule has 1 saturated heterocycles. The number of carbonyl (C=O) groups excluding carboxylic acids is 2. The zero-order chi connectivity index (χ0) is 20.2. The predicted molar refractivity (Wildman–Crippen MR) is 108 cm³/mol. The van der Waals surface area contributed by atoms with Gasteiger partial charge in [0.25, 0.3) is 11.7 Å². The van der Waals surface area contributed by atoms with E-state index in [0.717, 1.165) is 31.5 Å². The fraction of sp³-hybridized carbons (Fsp3) is 0.250. The Kier molecular flexibility index (Phi) is 5.53. The van der Waals surface area contributed by atoms with Crippen molar-refractivity contribution >= 4 is 29.1 Å². The standard InChI is InChI=1S/C20H19ClN6O2/c21-17-6-2-1-5-14(17)13-18(28)22-15-7-9-16(10-8-15)27-24-19(23-25-27)20(29)26-11-3-4-12-26/h1-2,5-10H,3-4,11-13H2,(H,22,28). The lowest BCUT2D eigenvalue weighted by Gasteiger charge is -2.11. The average Bonchev–Trinajstić information content (AvgIpc) is 3.42. The van der Waals surface area contributed by atoms with Gasteiger partial charge in [0, 0.05) is 23.8 Å². The first-order valence-corrected chi connectivity index (χ1v) is 9.71. The molecule has 1 fully saturated rings. The van der Waals surface area contributed by atoms with Gasteiger partial charge in [-0.15, -0.1) is 15.0 Å². The zero-order valence-corrected chi connectivity index (χ0v) is 16.3. The van der Waals surface area contributed by atoms with Crippen molar-refractivity contribution < 1.29 is 9.59 Å². The maximum Gasteiger partial charge on any atom is 0.295 e. The Labute approximate surface area is 172 Å². The number of halogens is 1. The first-order chi connectivity index (χ1) is 14.1. The molecule has 2 aromatic carbocycles. The fourth-order valence-electron chi connectivity index (χ4n) is 3.17. The monoisotopic (exact) mass is 410 g/mol. The molecular weight excluding hydrogens is 392 g/mol. The van der Waals surface area contributed by atoms with E-state index in [-0.39, 0.29) is 24.1 Å². The average molecular weight is 411 g/mol. The highest BCUT2D eigenvalue weighted by atomic mass is 35.5. The number of rotatable bonds is 5. The minimum atomic E-state index is -0.197. The van der Waals surface area contributed by atoms with Crippen molar-refractivity contribution in [1.29, 1.82) is 0 Å². The van der Waals surface area contributed by atoms with Gasteiger partial charge < -0.3 is 10.2 Å². The highest BCUT2D eigenvalue weighted by Crippen LogP contribution is 2.17. The second kappa shape index (κ2) is 8.40. The number of carbonyl (C=O) groups is 2. The van der Waals surface area contributed by atoms with E-state index in [1.54, 1.807) is 35.2 Å². The number of nitrogens with one attached hydrogen (secondary N) is 1. The minimum absolute atomic E-state index is 0.0871.